The van der Waals surface area contributed by atoms with Crippen LogP contribution in [0.15, 0.2) is 35.3 Å². The summed E-state index contributed by atoms with van der Waals surface area (Å²) in [4.78, 5) is 12.3. The summed E-state index contributed by atoms with van der Waals surface area (Å²) in [7, 11) is 0. The van der Waals surface area contributed by atoms with E-state index >= 15 is 0 Å². The Morgan fingerprint density at radius 2 is 2.00 bits per heavy atom. The van der Waals surface area contributed by atoms with E-state index in [2.05, 4.69) is 10.4 Å². The van der Waals surface area contributed by atoms with Crippen LogP contribution in [0.3, 0.4) is 0 Å². The van der Waals surface area contributed by atoms with Crippen LogP contribution in [0.25, 0.3) is 10.8 Å². The van der Waals surface area contributed by atoms with Gasteiger partial charge in [0, 0.05) is 41.0 Å². The smallest absolute Gasteiger partial charge is 0.274 e. The van der Waals surface area contributed by atoms with Crippen molar-refractivity contribution >= 4 is 34.3 Å². The molecule has 0 saturated carbocycles. The molecule has 1 aromatic carbocycles. The molecule has 2 aromatic rings. The molecule has 0 spiro atoms. The van der Waals surface area contributed by atoms with E-state index in [1.165, 1.54) is 11.5 Å². The quantitative estimate of drug-likeness (QED) is 0.931. The molecule has 0 aliphatic carbocycles. The minimum Gasteiger partial charge on any atom is -0.310 e. The Morgan fingerprint density at radius 1 is 1.24 bits per heavy atom. The molecule has 6 heteroatoms. The van der Waals surface area contributed by atoms with Gasteiger partial charge in [-0.2, -0.15) is 28.6 Å². The Hall–Kier alpha value is -0.980. The van der Waals surface area contributed by atoms with Crippen molar-refractivity contribution < 1.29 is 0 Å². The minimum absolute atomic E-state index is 0.000448. The number of nitrogens with one attached hydrogen (secondary N) is 1. The molecular formula is C15H19N3OS2. The molecule has 1 aliphatic rings. The first-order valence-corrected chi connectivity index (χ1v) is 9.49. The lowest BCUT2D eigenvalue weighted by Crippen LogP contribution is -2.37. The average Bonchev–Trinajstić information content (AvgIpc) is 2.79. The number of hydrogen-bond donors (Lipinski definition) is 1. The number of benzene rings is 1. The van der Waals surface area contributed by atoms with Gasteiger partial charge in [0.25, 0.3) is 5.56 Å². The molecule has 112 valence electrons. The van der Waals surface area contributed by atoms with E-state index in [4.69, 9.17) is 0 Å². The lowest BCUT2D eigenvalue weighted by Gasteiger charge is -2.15. The van der Waals surface area contributed by atoms with Crippen LogP contribution in [0.4, 0.5) is 0 Å². The summed E-state index contributed by atoms with van der Waals surface area (Å²) in [6.45, 7) is 1.41. The molecule has 4 nitrogen and oxygen atoms in total. The fourth-order valence-corrected chi connectivity index (χ4v) is 4.86. The molecule has 1 fully saturated rings. The fourth-order valence-electron chi connectivity index (χ4n) is 2.40. The van der Waals surface area contributed by atoms with E-state index in [1.54, 1.807) is 10.9 Å². The SMILES string of the molecule is O=c1c2ccccc2cnn1CCNC1CSCCSC1. The third kappa shape index (κ3) is 3.81. The molecule has 0 bridgehead atoms. The van der Waals surface area contributed by atoms with Gasteiger partial charge in [-0.05, 0) is 6.07 Å². The summed E-state index contributed by atoms with van der Waals surface area (Å²) in [5.41, 5.74) is -0.000448. The molecule has 0 radical (unpaired) electrons. The second kappa shape index (κ2) is 7.33. The highest BCUT2D eigenvalue weighted by atomic mass is 32.2. The van der Waals surface area contributed by atoms with Crippen LogP contribution in [-0.4, -0.2) is 45.4 Å². The van der Waals surface area contributed by atoms with Gasteiger partial charge in [-0.3, -0.25) is 4.79 Å². The number of rotatable bonds is 4. The van der Waals surface area contributed by atoms with Crippen molar-refractivity contribution in [2.24, 2.45) is 0 Å². The van der Waals surface area contributed by atoms with E-state index in [1.807, 2.05) is 47.8 Å². The molecule has 1 N–H and O–H groups in total. The number of nitrogens with zero attached hydrogens (tertiary/aromatic N) is 2. The van der Waals surface area contributed by atoms with Crippen LogP contribution in [0.5, 0.6) is 0 Å². The first kappa shape index (κ1) is 14.9. The molecule has 21 heavy (non-hydrogen) atoms. The monoisotopic (exact) mass is 321 g/mol. The Bertz CT molecular complexity index is 651. The van der Waals surface area contributed by atoms with E-state index in [0.717, 1.165) is 28.8 Å². The fraction of sp³-hybridized carbons (Fsp3) is 0.467. The highest BCUT2D eigenvalue weighted by molar-refractivity contribution is 8.03. The van der Waals surface area contributed by atoms with Gasteiger partial charge in [-0.1, -0.05) is 18.2 Å². The molecule has 1 aromatic heterocycles. The average molecular weight is 321 g/mol. The van der Waals surface area contributed by atoms with E-state index < -0.39 is 0 Å². The van der Waals surface area contributed by atoms with Crippen LogP contribution in [0.2, 0.25) is 0 Å². The molecule has 3 rings (SSSR count). The number of fused-ring (bicyclic) bond motifs is 1. The van der Waals surface area contributed by atoms with Gasteiger partial charge in [0.05, 0.1) is 18.1 Å². The predicted octanol–water partition coefficient (Wildman–Crippen LogP) is 1.83. The molecular weight excluding hydrogens is 302 g/mol. The maximum atomic E-state index is 12.3. The zero-order chi connectivity index (χ0) is 14.5. The lowest BCUT2D eigenvalue weighted by molar-refractivity contribution is 0.509. The maximum Gasteiger partial charge on any atom is 0.274 e. The molecule has 0 unspecified atom stereocenters. The minimum atomic E-state index is -0.000448. The lowest BCUT2D eigenvalue weighted by atomic mass is 10.2. The Morgan fingerprint density at radius 3 is 2.81 bits per heavy atom. The summed E-state index contributed by atoms with van der Waals surface area (Å²) < 4.78 is 1.56. The molecule has 1 saturated heterocycles. The van der Waals surface area contributed by atoms with Gasteiger partial charge in [0.15, 0.2) is 0 Å². The van der Waals surface area contributed by atoms with Gasteiger partial charge in [0.2, 0.25) is 0 Å². The van der Waals surface area contributed by atoms with E-state index in [-0.39, 0.29) is 5.56 Å². The van der Waals surface area contributed by atoms with Crippen molar-refractivity contribution in [3.05, 3.63) is 40.8 Å². The van der Waals surface area contributed by atoms with E-state index in [9.17, 15) is 4.79 Å². The third-order valence-corrected chi connectivity index (χ3v) is 6.05. The van der Waals surface area contributed by atoms with Gasteiger partial charge in [-0.25, -0.2) is 4.68 Å². The van der Waals surface area contributed by atoms with Crippen molar-refractivity contribution in [2.75, 3.05) is 29.6 Å². The molecule has 0 amide bonds. The number of thioether (sulfide) groups is 2. The molecule has 0 atom stereocenters. The van der Waals surface area contributed by atoms with Gasteiger partial charge >= 0.3 is 0 Å². The first-order valence-electron chi connectivity index (χ1n) is 7.18. The van der Waals surface area contributed by atoms with Crippen molar-refractivity contribution in [3.8, 4) is 0 Å². The topological polar surface area (TPSA) is 46.9 Å². The summed E-state index contributed by atoms with van der Waals surface area (Å²) in [5, 5.41) is 9.45. The normalized spacial score (nSPS) is 17.0. The Balaban J connectivity index is 1.62. The highest BCUT2D eigenvalue weighted by Gasteiger charge is 2.12. The number of aromatic nitrogens is 2. The van der Waals surface area contributed by atoms with Crippen molar-refractivity contribution in [1.82, 2.24) is 15.1 Å². The third-order valence-electron chi connectivity index (χ3n) is 3.53. The Labute approximate surface area is 132 Å². The van der Waals surface area contributed by atoms with Crippen LogP contribution >= 0.6 is 23.5 Å². The standard InChI is InChI=1S/C15H19N3OS2/c19-15-14-4-2-1-3-12(14)9-17-18(15)6-5-16-13-10-20-7-8-21-11-13/h1-4,9,13,16H,5-8,10-11H2. The van der Waals surface area contributed by atoms with Crippen LogP contribution in [0, 0.1) is 0 Å². The largest absolute Gasteiger partial charge is 0.310 e. The number of hydrogen-bond acceptors (Lipinski definition) is 5. The van der Waals surface area contributed by atoms with E-state index in [0.29, 0.717) is 12.6 Å². The van der Waals surface area contributed by atoms with Crippen molar-refractivity contribution in [2.45, 2.75) is 12.6 Å². The zero-order valence-electron chi connectivity index (χ0n) is 11.8. The van der Waals surface area contributed by atoms with Gasteiger partial charge in [0.1, 0.15) is 0 Å². The highest BCUT2D eigenvalue weighted by Crippen LogP contribution is 2.16. The van der Waals surface area contributed by atoms with Gasteiger partial charge < -0.3 is 5.32 Å². The molecule has 2 heterocycles. The van der Waals surface area contributed by atoms with Crippen LogP contribution in [-0.2, 0) is 6.54 Å². The summed E-state index contributed by atoms with van der Waals surface area (Å²) in [6.07, 6.45) is 1.77. The molecule has 1 aliphatic heterocycles. The summed E-state index contributed by atoms with van der Waals surface area (Å²) in [6, 6.07) is 8.15. The predicted molar refractivity (Wildman–Crippen MR) is 92.4 cm³/mol. The Kier molecular flexibility index (Phi) is 5.22. The summed E-state index contributed by atoms with van der Waals surface area (Å²) >= 11 is 4.02. The second-order valence-electron chi connectivity index (χ2n) is 5.06. The maximum absolute atomic E-state index is 12.3. The van der Waals surface area contributed by atoms with Crippen LogP contribution < -0.4 is 10.9 Å². The summed E-state index contributed by atoms with van der Waals surface area (Å²) in [5.74, 6) is 4.81. The van der Waals surface area contributed by atoms with Gasteiger partial charge in [-0.15, -0.1) is 0 Å². The van der Waals surface area contributed by atoms with Crippen molar-refractivity contribution in [3.63, 3.8) is 0 Å². The van der Waals surface area contributed by atoms with Crippen LogP contribution in [0.1, 0.15) is 0 Å². The first-order chi connectivity index (χ1) is 10.3. The zero-order valence-corrected chi connectivity index (χ0v) is 13.5. The second-order valence-corrected chi connectivity index (χ2v) is 7.36. The van der Waals surface area contributed by atoms with Crippen molar-refractivity contribution in [1.29, 1.82) is 0 Å².